The first kappa shape index (κ1) is 20.9. The van der Waals surface area contributed by atoms with Crippen molar-refractivity contribution >= 4 is 28.5 Å². The smallest absolute Gasteiger partial charge is 0.254 e. The fourth-order valence-electron chi connectivity index (χ4n) is 4.40. The molecular weight excluding hydrogens is 401 g/mol. The summed E-state index contributed by atoms with van der Waals surface area (Å²) in [6.45, 7) is 4.71. The second kappa shape index (κ2) is 8.76. The monoisotopic (exact) mass is 427 g/mol. The summed E-state index contributed by atoms with van der Waals surface area (Å²) in [4.78, 5) is 19.8. The van der Waals surface area contributed by atoms with Crippen LogP contribution >= 0.6 is 11.6 Å². The Morgan fingerprint density at radius 3 is 2.70 bits per heavy atom. The van der Waals surface area contributed by atoms with Crippen molar-refractivity contribution in [1.29, 1.82) is 0 Å². The van der Waals surface area contributed by atoms with E-state index in [1.807, 2.05) is 25.1 Å². The van der Waals surface area contributed by atoms with Crippen molar-refractivity contribution < 1.29 is 9.18 Å². The summed E-state index contributed by atoms with van der Waals surface area (Å²) in [5.74, 6) is 0.345. The molecule has 0 radical (unpaired) electrons. The zero-order valence-electron chi connectivity index (χ0n) is 17.5. The van der Waals surface area contributed by atoms with Crippen LogP contribution in [0.2, 0.25) is 5.02 Å². The third-order valence-electron chi connectivity index (χ3n) is 5.95. The second-order valence-electron chi connectivity index (χ2n) is 8.16. The molecule has 0 N–H and O–H groups in total. The van der Waals surface area contributed by atoms with E-state index in [-0.39, 0.29) is 11.7 Å². The average molecular weight is 428 g/mol. The fourth-order valence-corrected chi connectivity index (χ4v) is 4.57. The molecule has 1 heterocycles. The topological polar surface area (TPSA) is 38.1 Å². The van der Waals surface area contributed by atoms with Crippen molar-refractivity contribution in [1.82, 2.24) is 14.5 Å². The molecule has 0 saturated heterocycles. The van der Waals surface area contributed by atoms with Crippen LogP contribution in [0.4, 0.5) is 4.39 Å². The molecule has 1 fully saturated rings. The number of amides is 1. The standard InChI is InChI=1S/C24H27ClFN3O/c1-3-12-28(24(30)17-9-8-16(2)20(26)13-17)15-23-27-21-11-10-18(25)14-22(21)29(23)19-6-4-5-7-19/h8-11,13-14,19H,3-7,12,15H2,1-2H3. The molecule has 0 unspecified atom stereocenters. The predicted octanol–water partition coefficient (Wildman–Crippen LogP) is 6.30. The zero-order chi connectivity index (χ0) is 21.3. The summed E-state index contributed by atoms with van der Waals surface area (Å²) >= 11 is 6.28. The molecule has 158 valence electrons. The molecule has 0 bridgehead atoms. The normalized spacial score (nSPS) is 14.5. The first-order chi connectivity index (χ1) is 14.5. The number of imidazole rings is 1. The van der Waals surface area contributed by atoms with Crippen LogP contribution in [0.5, 0.6) is 0 Å². The van der Waals surface area contributed by atoms with Gasteiger partial charge in [0.05, 0.1) is 17.6 Å². The van der Waals surface area contributed by atoms with Crippen molar-refractivity contribution in [2.24, 2.45) is 0 Å². The van der Waals surface area contributed by atoms with E-state index in [1.165, 1.54) is 18.9 Å². The van der Waals surface area contributed by atoms with Crippen LogP contribution in [-0.2, 0) is 6.54 Å². The van der Waals surface area contributed by atoms with E-state index in [1.54, 1.807) is 24.0 Å². The van der Waals surface area contributed by atoms with Gasteiger partial charge in [-0.25, -0.2) is 9.37 Å². The summed E-state index contributed by atoms with van der Waals surface area (Å²) < 4.78 is 16.3. The highest BCUT2D eigenvalue weighted by atomic mass is 35.5. The maximum absolute atomic E-state index is 14.1. The van der Waals surface area contributed by atoms with Crippen molar-refractivity contribution in [2.75, 3.05) is 6.54 Å². The van der Waals surface area contributed by atoms with Gasteiger partial charge in [0.2, 0.25) is 0 Å². The molecule has 2 aromatic carbocycles. The highest BCUT2D eigenvalue weighted by Crippen LogP contribution is 2.35. The van der Waals surface area contributed by atoms with Crippen LogP contribution in [-0.4, -0.2) is 26.9 Å². The number of carbonyl (C=O) groups excluding carboxylic acids is 1. The summed E-state index contributed by atoms with van der Waals surface area (Å²) in [5, 5.41) is 0.685. The molecule has 4 rings (SSSR count). The molecule has 0 spiro atoms. The van der Waals surface area contributed by atoms with E-state index in [0.717, 1.165) is 36.1 Å². The minimum absolute atomic E-state index is 0.168. The number of rotatable bonds is 6. The lowest BCUT2D eigenvalue weighted by molar-refractivity contribution is 0.0736. The highest BCUT2D eigenvalue weighted by Gasteiger charge is 2.25. The van der Waals surface area contributed by atoms with Crippen LogP contribution in [0.15, 0.2) is 36.4 Å². The van der Waals surface area contributed by atoms with E-state index < -0.39 is 0 Å². The number of halogens is 2. The molecule has 3 aromatic rings. The van der Waals surface area contributed by atoms with Gasteiger partial charge >= 0.3 is 0 Å². The molecule has 0 aliphatic heterocycles. The number of carbonyl (C=O) groups is 1. The molecule has 1 amide bonds. The Labute approximate surface area is 181 Å². The minimum Gasteiger partial charge on any atom is -0.331 e. The van der Waals surface area contributed by atoms with Crippen molar-refractivity contribution in [3.8, 4) is 0 Å². The van der Waals surface area contributed by atoms with E-state index in [4.69, 9.17) is 16.6 Å². The largest absolute Gasteiger partial charge is 0.331 e. The first-order valence-corrected chi connectivity index (χ1v) is 11.1. The van der Waals surface area contributed by atoms with E-state index in [0.29, 0.717) is 35.3 Å². The number of hydrogen-bond acceptors (Lipinski definition) is 2. The number of nitrogens with zero attached hydrogens (tertiary/aromatic N) is 3. The Hall–Kier alpha value is -2.40. The van der Waals surface area contributed by atoms with Crippen LogP contribution in [0.1, 0.15) is 66.8 Å². The van der Waals surface area contributed by atoms with Crippen molar-refractivity contribution in [2.45, 2.75) is 58.5 Å². The second-order valence-corrected chi connectivity index (χ2v) is 8.60. The van der Waals surface area contributed by atoms with Crippen LogP contribution < -0.4 is 0 Å². The summed E-state index contributed by atoms with van der Waals surface area (Å²) in [6.07, 6.45) is 5.43. The first-order valence-electron chi connectivity index (χ1n) is 10.7. The number of benzene rings is 2. The Morgan fingerprint density at radius 2 is 2.00 bits per heavy atom. The summed E-state index contributed by atoms with van der Waals surface area (Å²) in [5.41, 5.74) is 2.83. The number of hydrogen-bond donors (Lipinski definition) is 0. The van der Waals surface area contributed by atoms with Crippen molar-refractivity contribution in [3.05, 3.63) is 64.2 Å². The van der Waals surface area contributed by atoms with E-state index in [2.05, 4.69) is 4.57 Å². The maximum atomic E-state index is 14.1. The van der Waals surface area contributed by atoms with E-state index >= 15 is 0 Å². The molecular formula is C24H27ClFN3O. The SMILES string of the molecule is CCCN(Cc1nc2ccc(Cl)cc2n1C1CCCC1)C(=O)c1ccc(C)c(F)c1. The van der Waals surface area contributed by atoms with Gasteiger partial charge in [-0.2, -0.15) is 0 Å². The molecule has 0 atom stereocenters. The van der Waals surface area contributed by atoms with Gasteiger partial charge in [0.25, 0.3) is 5.91 Å². The minimum atomic E-state index is -0.356. The van der Waals surface area contributed by atoms with Gasteiger partial charge in [0.15, 0.2) is 0 Å². The Morgan fingerprint density at radius 1 is 1.23 bits per heavy atom. The van der Waals surface area contributed by atoms with Gasteiger partial charge in [-0.05, 0) is 62.1 Å². The lowest BCUT2D eigenvalue weighted by Gasteiger charge is -2.24. The molecule has 1 aliphatic rings. The predicted molar refractivity (Wildman–Crippen MR) is 118 cm³/mol. The molecule has 1 aromatic heterocycles. The zero-order valence-corrected chi connectivity index (χ0v) is 18.3. The number of aryl methyl sites for hydroxylation is 1. The lowest BCUT2D eigenvalue weighted by atomic mass is 10.1. The third kappa shape index (κ3) is 4.08. The summed E-state index contributed by atoms with van der Waals surface area (Å²) in [7, 11) is 0. The van der Waals surface area contributed by atoms with Gasteiger partial charge in [-0.15, -0.1) is 0 Å². The van der Waals surface area contributed by atoms with Crippen LogP contribution in [0.3, 0.4) is 0 Å². The lowest BCUT2D eigenvalue weighted by Crippen LogP contribution is -2.33. The van der Waals surface area contributed by atoms with Crippen LogP contribution in [0.25, 0.3) is 11.0 Å². The molecule has 1 aliphatic carbocycles. The van der Waals surface area contributed by atoms with Gasteiger partial charge in [-0.3, -0.25) is 4.79 Å². The Balaban J connectivity index is 1.71. The van der Waals surface area contributed by atoms with Crippen LogP contribution in [0, 0.1) is 12.7 Å². The number of aromatic nitrogens is 2. The molecule has 30 heavy (non-hydrogen) atoms. The van der Waals surface area contributed by atoms with Gasteiger partial charge in [0, 0.05) is 23.2 Å². The van der Waals surface area contributed by atoms with Crippen molar-refractivity contribution in [3.63, 3.8) is 0 Å². The maximum Gasteiger partial charge on any atom is 0.254 e. The quantitative estimate of drug-likeness (QED) is 0.462. The molecule has 4 nitrogen and oxygen atoms in total. The molecule has 6 heteroatoms. The van der Waals surface area contributed by atoms with Gasteiger partial charge in [-0.1, -0.05) is 37.4 Å². The Kier molecular flexibility index (Phi) is 6.09. The Bertz CT molecular complexity index is 1070. The highest BCUT2D eigenvalue weighted by molar-refractivity contribution is 6.31. The number of fused-ring (bicyclic) bond motifs is 1. The summed E-state index contributed by atoms with van der Waals surface area (Å²) in [6, 6.07) is 10.8. The molecule has 1 saturated carbocycles. The fraction of sp³-hybridized carbons (Fsp3) is 0.417. The third-order valence-corrected chi connectivity index (χ3v) is 6.18. The van der Waals surface area contributed by atoms with E-state index in [9.17, 15) is 9.18 Å². The van der Waals surface area contributed by atoms with Gasteiger partial charge < -0.3 is 9.47 Å². The van der Waals surface area contributed by atoms with Gasteiger partial charge in [0.1, 0.15) is 11.6 Å². The average Bonchev–Trinajstić information content (AvgIpc) is 3.36.